The van der Waals surface area contributed by atoms with Gasteiger partial charge in [0.1, 0.15) is 19.3 Å². The third-order valence-electron chi connectivity index (χ3n) is 22.5. The van der Waals surface area contributed by atoms with Gasteiger partial charge in [0.15, 0.2) is 12.2 Å². The monoisotopic (exact) mass is 1660 g/mol. The molecule has 0 aromatic rings. The molecule has 0 aromatic carbocycles. The molecule has 0 aliphatic heterocycles. The first-order valence-corrected chi connectivity index (χ1v) is 52.1. The minimum Gasteiger partial charge on any atom is -0.462 e. The number of hydrogen-bond donors (Lipinski definition) is 3. The molecule has 0 saturated carbocycles. The Morgan fingerprint density at radius 1 is 0.237 bits per heavy atom. The number of esters is 4. The minimum absolute atomic E-state index is 0.109. The van der Waals surface area contributed by atoms with Gasteiger partial charge in [0.2, 0.25) is 0 Å². The van der Waals surface area contributed by atoms with Crippen LogP contribution < -0.4 is 0 Å². The molecular weight excluding hydrogens is 1470 g/mol. The highest BCUT2D eigenvalue weighted by Gasteiger charge is 2.31. The van der Waals surface area contributed by atoms with Gasteiger partial charge in [0.05, 0.1) is 26.4 Å². The summed E-state index contributed by atoms with van der Waals surface area (Å²) in [5.41, 5.74) is 0. The van der Waals surface area contributed by atoms with Gasteiger partial charge in [-0.1, -0.05) is 471 Å². The molecule has 0 spiro atoms. The van der Waals surface area contributed by atoms with Crippen molar-refractivity contribution in [3.8, 4) is 0 Å². The van der Waals surface area contributed by atoms with Gasteiger partial charge in [-0.15, -0.1) is 0 Å². The fourth-order valence-corrected chi connectivity index (χ4v) is 16.6. The van der Waals surface area contributed by atoms with Gasteiger partial charge in [-0.25, -0.2) is 9.13 Å². The van der Waals surface area contributed by atoms with Crippen LogP contribution in [0.4, 0.5) is 0 Å². The van der Waals surface area contributed by atoms with Crippen molar-refractivity contribution in [3.63, 3.8) is 0 Å². The molecule has 678 valence electrons. The lowest BCUT2D eigenvalue weighted by atomic mass is 10.0. The highest BCUT2D eigenvalue weighted by atomic mass is 31.2. The van der Waals surface area contributed by atoms with Gasteiger partial charge >= 0.3 is 39.5 Å². The molecule has 0 saturated heterocycles. The summed E-state index contributed by atoms with van der Waals surface area (Å²) in [5, 5.41) is 10.7. The molecule has 114 heavy (non-hydrogen) atoms. The molecule has 0 amide bonds. The highest BCUT2D eigenvalue weighted by Crippen LogP contribution is 2.45. The number of carbonyl (C=O) groups is 4. The zero-order valence-electron chi connectivity index (χ0n) is 75.2. The predicted molar refractivity (Wildman–Crippen MR) is 474 cm³/mol. The van der Waals surface area contributed by atoms with E-state index >= 15 is 0 Å². The van der Waals surface area contributed by atoms with E-state index < -0.39 is 97.5 Å². The van der Waals surface area contributed by atoms with Crippen LogP contribution in [0.1, 0.15) is 523 Å². The Balaban J connectivity index is 5.23. The van der Waals surface area contributed by atoms with Crippen molar-refractivity contribution in [2.45, 2.75) is 541 Å². The average Bonchev–Trinajstić information content (AvgIpc) is 0.895. The summed E-state index contributed by atoms with van der Waals surface area (Å²) in [7, 11) is -9.94. The fourth-order valence-electron chi connectivity index (χ4n) is 15.1. The van der Waals surface area contributed by atoms with E-state index in [0.29, 0.717) is 25.7 Å². The number of phosphoric ester groups is 2. The van der Waals surface area contributed by atoms with E-state index in [-0.39, 0.29) is 25.7 Å². The van der Waals surface area contributed by atoms with Gasteiger partial charge in [0, 0.05) is 25.7 Å². The lowest BCUT2D eigenvalue weighted by Crippen LogP contribution is -2.30. The van der Waals surface area contributed by atoms with Crippen molar-refractivity contribution in [1.29, 1.82) is 0 Å². The Morgan fingerprint density at radius 2 is 0.404 bits per heavy atom. The predicted octanol–water partition coefficient (Wildman–Crippen LogP) is 29.9. The summed E-state index contributed by atoms with van der Waals surface area (Å²) in [6.07, 6.45) is 84.9. The molecule has 3 N–H and O–H groups in total. The van der Waals surface area contributed by atoms with E-state index in [4.69, 9.17) is 37.0 Å². The van der Waals surface area contributed by atoms with Crippen LogP contribution in [0.15, 0.2) is 0 Å². The molecule has 0 heterocycles. The summed E-state index contributed by atoms with van der Waals surface area (Å²) in [4.78, 5) is 73.6. The molecular formula is C95H186O17P2. The average molecular weight is 1660 g/mol. The van der Waals surface area contributed by atoms with E-state index in [1.807, 2.05) is 0 Å². The van der Waals surface area contributed by atoms with Crippen LogP contribution in [0, 0.1) is 5.92 Å². The van der Waals surface area contributed by atoms with E-state index in [1.165, 1.54) is 347 Å². The van der Waals surface area contributed by atoms with Gasteiger partial charge in [-0.05, 0) is 31.6 Å². The lowest BCUT2D eigenvalue weighted by molar-refractivity contribution is -0.161. The second kappa shape index (κ2) is 87.4. The first kappa shape index (κ1) is 112. The minimum atomic E-state index is -4.97. The summed E-state index contributed by atoms with van der Waals surface area (Å²) < 4.78 is 69.2. The molecule has 0 rings (SSSR count). The standard InChI is InChI=1S/C95H186O17P2/c1-6-9-12-15-18-21-24-27-29-31-33-35-37-39-41-46-50-55-60-65-70-75-80-94(99)112-91(85-106-93(98)79-74-69-64-59-54-49-45-40-38-36-34-32-30-28-25-22-19-16-13-10-7-2)87-110-114(103,104)108-83-89(96)82-107-113(101,102)109-86-90(84-105-92(97)78-73-68-63-58-53-26-23-20-17-14-11-8-3)111-95(100)81-76-71-66-61-56-51-47-43-42-44-48-52-57-62-67-72-77-88(4)5/h88-91,96H,6-87H2,1-5H3,(H,101,102)(H,103,104)/t89-,90+,91+/m0/s1. The molecule has 19 heteroatoms. The van der Waals surface area contributed by atoms with Gasteiger partial charge in [0.25, 0.3) is 0 Å². The summed E-state index contributed by atoms with van der Waals surface area (Å²) in [6.45, 7) is 7.45. The first-order valence-electron chi connectivity index (χ1n) is 49.1. The molecule has 2 unspecified atom stereocenters. The smallest absolute Gasteiger partial charge is 0.462 e. The molecule has 0 aliphatic rings. The lowest BCUT2D eigenvalue weighted by Gasteiger charge is -2.21. The number of ether oxygens (including phenoxy) is 4. The van der Waals surface area contributed by atoms with E-state index in [2.05, 4.69) is 34.6 Å². The molecule has 0 bridgehead atoms. The second-order valence-electron chi connectivity index (χ2n) is 34.6. The molecule has 0 radical (unpaired) electrons. The maximum absolute atomic E-state index is 13.2. The Labute approximate surface area is 702 Å². The van der Waals surface area contributed by atoms with Gasteiger partial charge in [-0.2, -0.15) is 0 Å². The fraction of sp³-hybridized carbons (Fsp3) is 0.958. The third-order valence-corrected chi connectivity index (χ3v) is 24.4. The molecule has 0 aliphatic carbocycles. The number of aliphatic hydroxyl groups is 1. The van der Waals surface area contributed by atoms with Crippen LogP contribution >= 0.6 is 15.6 Å². The van der Waals surface area contributed by atoms with E-state index in [1.54, 1.807) is 0 Å². The molecule has 17 nitrogen and oxygen atoms in total. The van der Waals surface area contributed by atoms with Crippen LogP contribution in [0.5, 0.6) is 0 Å². The number of aliphatic hydroxyl groups excluding tert-OH is 1. The largest absolute Gasteiger partial charge is 0.472 e. The summed E-state index contributed by atoms with van der Waals surface area (Å²) in [6, 6.07) is 0. The highest BCUT2D eigenvalue weighted by molar-refractivity contribution is 7.47. The quantitative estimate of drug-likeness (QED) is 0.0222. The van der Waals surface area contributed by atoms with Gasteiger partial charge in [-0.3, -0.25) is 37.3 Å². The maximum atomic E-state index is 13.2. The Kier molecular flexibility index (Phi) is 85.9. The summed E-state index contributed by atoms with van der Waals surface area (Å²) in [5.74, 6) is -1.28. The van der Waals surface area contributed by atoms with Crippen LogP contribution in [0.3, 0.4) is 0 Å². The molecule has 0 fully saturated rings. The Hall–Kier alpha value is -1.94. The first-order chi connectivity index (χ1) is 55.5. The number of rotatable bonds is 95. The number of carbonyl (C=O) groups excluding carboxylic acids is 4. The number of phosphoric acid groups is 2. The topological polar surface area (TPSA) is 237 Å². The van der Waals surface area contributed by atoms with Crippen LogP contribution in [-0.4, -0.2) is 96.7 Å². The SMILES string of the molecule is CCCCCCCCCCCCCCCCCCCCCCCCC(=O)O[C@H](COC(=O)CCCCCCCCCCCCCCCCCCCCCCC)COP(=O)(O)OC[C@@H](O)COP(=O)(O)OC[C@@H](COC(=O)CCCCCCCCCCCCCC)OC(=O)CCCCCCCCCCCCCCCCCCC(C)C. The second-order valence-corrected chi connectivity index (χ2v) is 37.5. The van der Waals surface area contributed by atoms with E-state index in [0.717, 1.165) is 95.8 Å². The van der Waals surface area contributed by atoms with Crippen molar-refractivity contribution in [2.75, 3.05) is 39.6 Å². The Bertz CT molecular complexity index is 2150. The Morgan fingerprint density at radius 3 is 0.596 bits per heavy atom. The van der Waals surface area contributed by atoms with E-state index in [9.17, 15) is 43.2 Å². The third kappa shape index (κ3) is 87.9. The van der Waals surface area contributed by atoms with Gasteiger partial charge < -0.3 is 33.8 Å². The molecule has 5 atom stereocenters. The van der Waals surface area contributed by atoms with Crippen LogP contribution in [0.25, 0.3) is 0 Å². The van der Waals surface area contributed by atoms with Crippen LogP contribution in [0.2, 0.25) is 0 Å². The summed E-state index contributed by atoms with van der Waals surface area (Å²) >= 11 is 0. The number of hydrogen-bond acceptors (Lipinski definition) is 15. The zero-order valence-corrected chi connectivity index (χ0v) is 77.0. The maximum Gasteiger partial charge on any atom is 0.472 e. The van der Waals surface area contributed by atoms with Crippen molar-refractivity contribution in [1.82, 2.24) is 0 Å². The normalized spacial score (nSPS) is 13.6. The number of unbranched alkanes of at least 4 members (excludes halogenated alkanes) is 67. The van der Waals surface area contributed by atoms with Crippen molar-refractivity contribution in [3.05, 3.63) is 0 Å². The van der Waals surface area contributed by atoms with Crippen molar-refractivity contribution in [2.24, 2.45) is 5.92 Å². The molecule has 0 aromatic heterocycles. The van der Waals surface area contributed by atoms with Crippen LogP contribution in [-0.2, 0) is 65.4 Å². The van der Waals surface area contributed by atoms with Crippen molar-refractivity contribution >= 4 is 39.5 Å². The zero-order chi connectivity index (χ0) is 83.3. The van der Waals surface area contributed by atoms with Crippen molar-refractivity contribution < 1.29 is 80.2 Å².